The van der Waals surface area contributed by atoms with Crippen molar-refractivity contribution in [1.29, 1.82) is 0 Å². The Hall–Kier alpha value is -0.700. The number of nitrogens with zero attached hydrogens (tertiary/aromatic N) is 3. The molecule has 0 saturated carbocycles. The highest BCUT2D eigenvalue weighted by molar-refractivity contribution is 7.86. The first kappa shape index (κ1) is 15.7. The van der Waals surface area contributed by atoms with Crippen LogP contribution in [0.2, 0.25) is 0 Å². The first-order valence-corrected chi connectivity index (χ1v) is 8.40. The molecular formula is C12H23N3O4S. The van der Waals surface area contributed by atoms with Crippen molar-refractivity contribution in [3.05, 3.63) is 0 Å². The predicted octanol–water partition coefficient (Wildman–Crippen LogP) is -0.194. The summed E-state index contributed by atoms with van der Waals surface area (Å²) in [4.78, 5) is 13.3. The van der Waals surface area contributed by atoms with Gasteiger partial charge in [-0.25, -0.2) is 0 Å². The molecule has 2 rings (SSSR count). The standard InChI is InChI=1S/C12H23N3O4S/c1-13(2)20(18,19)14-8-5-10(6-9-14)15-7-3-4-11(15)12(16)17/h10-11H,3-9H2,1-2H3,(H,16,17). The molecule has 2 heterocycles. The number of hydrogen-bond donors (Lipinski definition) is 1. The minimum absolute atomic E-state index is 0.187. The molecule has 2 aliphatic rings. The normalized spacial score (nSPS) is 27.2. The van der Waals surface area contributed by atoms with Crippen LogP contribution in [0.25, 0.3) is 0 Å². The maximum Gasteiger partial charge on any atom is 0.320 e. The summed E-state index contributed by atoms with van der Waals surface area (Å²) in [5, 5.41) is 9.21. The molecule has 0 radical (unpaired) electrons. The highest BCUT2D eigenvalue weighted by Crippen LogP contribution is 2.27. The molecule has 2 aliphatic heterocycles. The van der Waals surface area contributed by atoms with Crippen LogP contribution in [0.3, 0.4) is 0 Å². The van der Waals surface area contributed by atoms with E-state index >= 15 is 0 Å². The first-order chi connectivity index (χ1) is 9.34. The van der Waals surface area contributed by atoms with E-state index < -0.39 is 22.2 Å². The van der Waals surface area contributed by atoms with Gasteiger partial charge >= 0.3 is 5.97 Å². The van der Waals surface area contributed by atoms with E-state index in [2.05, 4.69) is 0 Å². The number of rotatable bonds is 4. The van der Waals surface area contributed by atoms with Crippen molar-refractivity contribution in [2.45, 2.75) is 37.8 Å². The van der Waals surface area contributed by atoms with Crippen molar-refractivity contribution in [2.75, 3.05) is 33.7 Å². The Bertz CT molecular complexity index is 457. The molecule has 0 amide bonds. The minimum Gasteiger partial charge on any atom is -0.480 e. The van der Waals surface area contributed by atoms with Gasteiger partial charge in [0.25, 0.3) is 10.2 Å². The summed E-state index contributed by atoms with van der Waals surface area (Å²) < 4.78 is 26.8. The van der Waals surface area contributed by atoms with Gasteiger partial charge in [0, 0.05) is 33.2 Å². The van der Waals surface area contributed by atoms with Crippen LogP contribution < -0.4 is 0 Å². The van der Waals surface area contributed by atoms with Gasteiger partial charge in [-0.05, 0) is 32.2 Å². The molecule has 0 spiro atoms. The number of likely N-dealkylation sites (tertiary alicyclic amines) is 1. The van der Waals surface area contributed by atoms with Gasteiger partial charge < -0.3 is 5.11 Å². The van der Waals surface area contributed by atoms with Gasteiger partial charge in [0.15, 0.2) is 0 Å². The molecule has 20 heavy (non-hydrogen) atoms. The van der Waals surface area contributed by atoms with Crippen molar-refractivity contribution in [3.63, 3.8) is 0 Å². The second-order valence-corrected chi connectivity index (χ2v) is 7.80. The van der Waals surface area contributed by atoms with Gasteiger partial charge in [-0.15, -0.1) is 0 Å². The zero-order valence-electron chi connectivity index (χ0n) is 12.0. The molecule has 7 nitrogen and oxygen atoms in total. The monoisotopic (exact) mass is 305 g/mol. The van der Waals surface area contributed by atoms with Crippen LogP contribution in [-0.4, -0.2) is 78.8 Å². The van der Waals surface area contributed by atoms with Crippen molar-refractivity contribution < 1.29 is 18.3 Å². The van der Waals surface area contributed by atoms with E-state index in [0.717, 1.165) is 13.0 Å². The molecule has 1 N–H and O–H groups in total. The van der Waals surface area contributed by atoms with Crippen molar-refractivity contribution in [3.8, 4) is 0 Å². The third kappa shape index (κ3) is 2.98. The van der Waals surface area contributed by atoms with E-state index in [1.54, 1.807) is 0 Å². The molecular weight excluding hydrogens is 282 g/mol. The fourth-order valence-electron chi connectivity index (χ4n) is 3.13. The van der Waals surface area contributed by atoms with Crippen LogP contribution in [0.5, 0.6) is 0 Å². The third-order valence-electron chi connectivity index (χ3n) is 4.26. The van der Waals surface area contributed by atoms with Gasteiger partial charge in [0.05, 0.1) is 0 Å². The summed E-state index contributed by atoms with van der Waals surface area (Å²) in [5.41, 5.74) is 0. The van der Waals surface area contributed by atoms with Gasteiger partial charge in [-0.1, -0.05) is 0 Å². The average molecular weight is 305 g/mol. The molecule has 0 aliphatic carbocycles. The molecule has 0 aromatic rings. The Morgan fingerprint density at radius 3 is 2.25 bits per heavy atom. The number of piperidine rings is 1. The summed E-state index contributed by atoms with van der Waals surface area (Å²) in [6.45, 7) is 1.74. The molecule has 2 fully saturated rings. The summed E-state index contributed by atoms with van der Waals surface area (Å²) in [7, 11) is -0.285. The van der Waals surface area contributed by atoms with Crippen molar-refractivity contribution in [2.24, 2.45) is 0 Å². The molecule has 8 heteroatoms. The summed E-state index contributed by atoms with van der Waals surface area (Å²) in [5.74, 6) is -0.758. The molecule has 2 saturated heterocycles. The van der Waals surface area contributed by atoms with E-state index in [0.29, 0.717) is 32.4 Å². The van der Waals surface area contributed by atoms with Crippen LogP contribution >= 0.6 is 0 Å². The largest absolute Gasteiger partial charge is 0.480 e. The van der Waals surface area contributed by atoms with E-state index in [1.165, 1.54) is 22.7 Å². The van der Waals surface area contributed by atoms with Crippen LogP contribution in [0, 0.1) is 0 Å². The second-order valence-electron chi connectivity index (χ2n) is 5.65. The first-order valence-electron chi connectivity index (χ1n) is 7.00. The van der Waals surface area contributed by atoms with Gasteiger partial charge in [0.2, 0.25) is 0 Å². The summed E-state index contributed by atoms with van der Waals surface area (Å²) in [6, 6.07) is -0.204. The Labute approximate surface area is 120 Å². The van der Waals surface area contributed by atoms with Crippen LogP contribution in [-0.2, 0) is 15.0 Å². The fraction of sp³-hybridized carbons (Fsp3) is 0.917. The van der Waals surface area contributed by atoms with Crippen LogP contribution in [0.15, 0.2) is 0 Å². The van der Waals surface area contributed by atoms with E-state index in [4.69, 9.17) is 0 Å². The van der Waals surface area contributed by atoms with Crippen LogP contribution in [0.1, 0.15) is 25.7 Å². The number of aliphatic carboxylic acids is 1. The molecule has 0 bridgehead atoms. The molecule has 1 unspecified atom stereocenters. The number of hydrogen-bond acceptors (Lipinski definition) is 4. The maximum atomic E-state index is 12.0. The fourth-order valence-corrected chi connectivity index (χ4v) is 4.26. The third-order valence-corrected chi connectivity index (χ3v) is 6.20. The number of carbonyl (C=O) groups is 1. The van der Waals surface area contributed by atoms with E-state index in [1.807, 2.05) is 4.90 Å². The van der Waals surface area contributed by atoms with Crippen LogP contribution in [0.4, 0.5) is 0 Å². The molecule has 0 aromatic carbocycles. The molecule has 0 aromatic heterocycles. The lowest BCUT2D eigenvalue weighted by molar-refractivity contribution is -0.143. The maximum absolute atomic E-state index is 12.0. The number of carboxylic acid groups (broad SMARTS) is 1. The Balaban J connectivity index is 1.96. The van der Waals surface area contributed by atoms with Crippen molar-refractivity contribution >= 4 is 16.2 Å². The second kappa shape index (κ2) is 5.97. The van der Waals surface area contributed by atoms with Crippen molar-refractivity contribution in [1.82, 2.24) is 13.5 Å². The zero-order chi connectivity index (χ0) is 14.9. The highest BCUT2D eigenvalue weighted by atomic mass is 32.2. The average Bonchev–Trinajstić information content (AvgIpc) is 2.88. The topological polar surface area (TPSA) is 81.2 Å². The van der Waals surface area contributed by atoms with Gasteiger partial charge in [0.1, 0.15) is 6.04 Å². The lowest BCUT2D eigenvalue weighted by Crippen LogP contribution is -2.51. The smallest absolute Gasteiger partial charge is 0.320 e. The Morgan fingerprint density at radius 2 is 1.75 bits per heavy atom. The van der Waals surface area contributed by atoms with Gasteiger partial charge in [-0.3, -0.25) is 9.69 Å². The highest BCUT2D eigenvalue weighted by Gasteiger charge is 2.38. The predicted molar refractivity (Wildman–Crippen MR) is 74.6 cm³/mol. The Morgan fingerprint density at radius 1 is 1.15 bits per heavy atom. The SMILES string of the molecule is CN(C)S(=O)(=O)N1CCC(N2CCCC2C(=O)O)CC1. The molecule has 1 atom stereocenters. The quantitative estimate of drug-likeness (QED) is 0.778. The summed E-state index contributed by atoms with van der Waals surface area (Å²) >= 11 is 0. The lowest BCUT2D eigenvalue weighted by Gasteiger charge is -2.38. The van der Waals surface area contributed by atoms with E-state index in [9.17, 15) is 18.3 Å². The Kier molecular flexibility index (Phi) is 4.68. The minimum atomic E-state index is -3.34. The van der Waals surface area contributed by atoms with E-state index in [-0.39, 0.29) is 6.04 Å². The summed E-state index contributed by atoms with van der Waals surface area (Å²) in [6.07, 6.45) is 3.02. The zero-order valence-corrected chi connectivity index (χ0v) is 12.8. The van der Waals surface area contributed by atoms with Gasteiger partial charge in [-0.2, -0.15) is 17.0 Å². The molecule has 116 valence electrons. The lowest BCUT2D eigenvalue weighted by atomic mass is 10.0. The number of carboxylic acids is 1.